The SMILES string of the molecule is CNCc1cccc(Cl)c1N(Cc1ccccc1)C(C)C. The number of nitrogens with zero attached hydrogens (tertiary/aromatic N) is 1. The molecule has 0 aliphatic heterocycles. The summed E-state index contributed by atoms with van der Waals surface area (Å²) in [6.45, 7) is 6.08. The highest BCUT2D eigenvalue weighted by molar-refractivity contribution is 6.33. The third-order valence-corrected chi connectivity index (χ3v) is 3.85. The molecule has 0 radical (unpaired) electrons. The lowest BCUT2D eigenvalue weighted by Crippen LogP contribution is -2.31. The highest BCUT2D eigenvalue weighted by atomic mass is 35.5. The molecule has 2 rings (SSSR count). The van der Waals surface area contributed by atoms with Crippen LogP contribution in [0.4, 0.5) is 5.69 Å². The van der Waals surface area contributed by atoms with Crippen LogP contribution in [-0.2, 0) is 13.1 Å². The Morgan fingerprint density at radius 3 is 2.38 bits per heavy atom. The summed E-state index contributed by atoms with van der Waals surface area (Å²) in [7, 11) is 1.96. The molecule has 0 fully saturated rings. The van der Waals surface area contributed by atoms with E-state index in [9.17, 15) is 0 Å². The fraction of sp³-hybridized carbons (Fsp3) is 0.333. The smallest absolute Gasteiger partial charge is 0.0643 e. The molecular weight excluding hydrogens is 280 g/mol. The zero-order valence-corrected chi connectivity index (χ0v) is 13.7. The summed E-state index contributed by atoms with van der Waals surface area (Å²) in [5.41, 5.74) is 3.66. The molecular formula is C18H23ClN2. The third kappa shape index (κ3) is 3.99. The van der Waals surface area contributed by atoms with Gasteiger partial charge in [0, 0.05) is 19.1 Å². The first-order valence-corrected chi connectivity index (χ1v) is 7.74. The average molecular weight is 303 g/mol. The van der Waals surface area contributed by atoms with Gasteiger partial charge in [0.25, 0.3) is 0 Å². The number of halogens is 1. The Morgan fingerprint density at radius 2 is 1.76 bits per heavy atom. The van der Waals surface area contributed by atoms with Crippen molar-refractivity contribution in [2.24, 2.45) is 0 Å². The van der Waals surface area contributed by atoms with Crippen LogP contribution in [0.5, 0.6) is 0 Å². The van der Waals surface area contributed by atoms with Crippen molar-refractivity contribution in [3.8, 4) is 0 Å². The van der Waals surface area contributed by atoms with E-state index >= 15 is 0 Å². The third-order valence-electron chi connectivity index (χ3n) is 3.54. The summed E-state index contributed by atoms with van der Waals surface area (Å²) in [6.07, 6.45) is 0. The molecule has 0 heterocycles. The highest BCUT2D eigenvalue weighted by Gasteiger charge is 2.17. The topological polar surface area (TPSA) is 15.3 Å². The molecule has 0 saturated heterocycles. The molecule has 0 aliphatic rings. The van der Waals surface area contributed by atoms with E-state index in [0.717, 1.165) is 23.8 Å². The van der Waals surface area contributed by atoms with Gasteiger partial charge in [-0.15, -0.1) is 0 Å². The molecule has 0 saturated carbocycles. The molecule has 2 aromatic carbocycles. The maximum absolute atomic E-state index is 6.50. The summed E-state index contributed by atoms with van der Waals surface area (Å²) in [6, 6.07) is 17.0. The minimum Gasteiger partial charge on any atom is -0.363 e. The zero-order valence-electron chi connectivity index (χ0n) is 12.9. The van der Waals surface area contributed by atoms with Crippen LogP contribution in [-0.4, -0.2) is 13.1 Å². The Morgan fingerprint density at radius 1 is 1.05 bits per heavy atom. The monoisotopic (exact) mass is 302 g/mol. The second kappa shape index (κ2) is 7.48. The maximum Gasteiger partial charge on any atom is 0.0643 e. The number of hydrogen-bond acceptors (Lipinski definition) is 2. The van der Waals surface area contributed by atoms with E-state index in [1.54, 1.807) is 0 Å². The van der Waals surface area contributed by atoms with E-state index in [4.69, 9.17) is 11.6 Å². The number of para-hydroxylation sites is 1. The first-order chi connectivity index (χ1) is 10.1. The minimum atomic E-state index is 0.376. The number of nitrogens with one attached hydrogen (secondary N) is 1. The van der Waals surface area contributed by atoms with Crippen molar-refractivity contribution in [3.63, 3.8) is 0 Å². The van der Waals surface area contributed by atoms with Gasteiger partial charge in [-0.1, -0.05) is 54.1 Å². The number of anilines is 1. The molecule has 0 unspecified atom stereocenters. The molecule has 112 valence electrons. The first-order valence-electron chi connectivity index (χ1n) is 7.36. The predicted octanol–water partition coefficient (Wildman–Crippen LogP) is 4.47. The molecule has 0 atom stereocenters. The largest absolute Gasteiger partial charge is 0.363 e. The van der Waals surface area contributed by atoms with Gasteiger partial charge in [-0.25, -0.2) is 0 Å². The predicted molar refractivity (Wildman–Crippen MR) is 92.0 cm³/mol. The first kappa shape index (κ1) is 15.9. The van der Waals surface area contributed by atoms with Crippen molar-refractivity contribution >= 4 is 17.3 Å². The van der Waals surface area contributed by atoms with Crippen molar-refractivity contribution in [3.05, 3.63) is 64.7 Å². The van der Waals surface area contributed by atoms with Crippen LogP contribution >= 0.6 is 11.6 Å². The molecule has 3 heteroatoms. The second-order valence-electron chi connectivity index (χ2n) is 5.49. The van der Waals surface area contributed by atoms with Crippen LogP contribution in [0.15, 0.2) is 48.5 Å². The standard InChI is InChI=1S/C18H23ClN2/c1-14(2)21(13-15-8-5-4-6-9-15)18-16(12-20-3)10-7-11-17(18)19/h4-11,14,20H,12-13H2,1-3H3. The normalized spacial score (nSPS) is 10.9. The molecule has 0 bridgehead atoms. The van der Waals surface area contributed by atoms with Gasteiger partial charge in [-0.3, -0.25) is 0 Å². The van der Waals surface area contributed by atoms with Gasteiger partial charge in [0.05, 0.1) is 10.7 Å². The van der Waals surface area contributed by atoms with E-state index in [0.29, 0.717) is 6.04 Å². The number of rotatable bonds is 6. The van der Waals surface area contributed by atoms with Gasteiger partial charge >= 0.3 is 0 Å². The van der Waals surface area contributed by atoms with E-state index in [1.165, 1.54) is 11.1 Å². The Balaban J connectivity index is 2.38. The van der Waals surface area contributed by atoms with Crippen molar-refractivity contribution in [2.75, 3.05) is 11.9 Å². The van der Waals surface area contributed by atoms with Crippen LogP contribution in [0.3, 0.4) is 0 Å². The number of hydrogen-bond donors (Lipinski definition) is 1. The van der Waals surface area contributed by atoms with Crippen LogP contribution in [0, 0.1) is 0 Å². The van der Waals surface area contributed by atoms with E-state index < -0.39 is 0 Å². The fourth-order valence-electron chi connectivity index (χ4n) is 2.51. The second-order valence-corrected chi connectivity index (χ2v) is 5.89. The summed E-state index contributed by atoms with van der Waals surface area (Å²) in [5, 5.41) is 4.04. The summed E-state index contributed by atoms with van der Waals surface area (Å²) >= 11 is 6.50. The van der Waals surface area contributed by atoms with Crippen LogP contribution < -0.4 is 10.2 Å². The lowest BCUT2D eigenvalue weighted by Gasteiger charge is -2.32. The van der Waals surface area contributed by atoms with Crippen molar-refractivity contribution < 1.29 is 0 Å². The van der Waals surface area contributed by atoms with E-state index in [-0.39, 0.29) is 0 Å². The lowest BCUT2D eigenvalue weighted by molar-refractivity contribution is 0.674. The Kier molecular flexibility index (Phi) is 5.66. The van der Waals surface area contributed by atoms with E-state index in [1.807, 2.05) is 25.2 Å². The van der Waals surface area contributed by atoms with Gasteiger partial charge in [-0.2, -0.15) is 0 Å². The maximum atomic E-state index is 6.50. The van der Waals surface area contributed by atoms with Gasteiger partial charge in [0.2, 0.25) is 0 Å². The molecule has 2 aromatic rings. The van der Waals surface area contributed by atoms with Crippen LogP contribution in [0.2, 0.25) is 5.02 Å². The molecule has 1 N–H and O–H groups in total. The highest BCUT2D eigenvalue weighted by Crippen LogP contribution is 2.32. The van der Waals surface area contributed by atoms with Crippen molar-refractivity contribution in [1.82, 2.24) is 5.32 Å². The van der Waals surface area contributed by atoms with Crippen molar-refractivity contribution in [1.29, 1.82) is 0 Å². The summed E-state index contributed by atoms with van der Waals surface area (Å²) in [4.78, 5) is 2.37. The molecule has 0 spiro atoms. The van der Waals surface area contributed by atoms with Crippen LogP contribution in [0.1, 0.15) is 25.0 Å². The van der Waals surface area contributed by atoms with Gasteiger partial charge < -0.3 is 10.2 Å². The molecule has 0 aliphatic carbocycles. The zero-order chi connectivity index (χ0) is 15.2. The summed E-state index contributed by atoms with van der Waals surface area (Å²) < 4.78 is 0. The van der Waals surface area contributed by atoms with E-state index in [2.05, 4.69) is 54.4 Å². The van der Waals surface area contributed by atoms with Gasteiger partial charge in [0.15, 0.2) is 0 Å². The van der Waals surface area contributed by atoms with Gasteiger partial charge in [0.1, 0.15) is 0 Å². The quantitative estimate of drug-likeness (QED) is 0.846. The minimum absolute atomic E-state index is 0.376. The molecule has 21 heavy (non-hydrogen) atoms. The fourth-order valence-corrected chi connectivity index (χ4v) is 2.82. The Bertz CT molecular complexity index is 567. The lowest BCUT2D eigenvalue weighted by atomic mass is 10.1. The average Bonchev–Trinajstić information content (AvgIpc) is 2.47. The van der Waals surface area contributed by atoms with Crippen molar-refractivity contribution in [2.45, 2.75) is 33.0 Å². The summed E-state index contributed by atoms with van der Waals surface area (Å²) in [5.74, 6) is 0. The Labute approximate surface area is 132 Å². The number of benzene rings is 2. The molecule has 0 amide bonds. The molecule has 2 nitrogen and oxygen atoms in total. The Hall–Kier alpha value is -1.51. The van der Waals surface area contributed by atoms with Crippen LogP contribution in [0.25, 0.3) is 0 Å². The molecule has 0 aromatic heterocycles. The van der Waals surface area contributed by atoms with Gasteiger partial charge in [-0.05, 0) is 38.1 Å².